The first-order valence-electron chi connectivity index (χ1n) is 6.57. The number of nitrogens with zero attached hydrogens (tertiary/aromatic N) is 1. The summed E-state index contributed by atoms with van der Waals surface area (Å²) in [6, 6.07) is 0. The number of aliphatic hydroxyl groups excluding tert-OH is 1. The lowest BCUT2D eigenvalue weighted by Gasteiger charge is -2.38. The lowest BCUT2D eigenvalue weighted by Crippen LogP contribution is -2.48. The van der Waals surface area contributed by atoms with Crippen molar-refractivity contribution in [3.63, 3.8) is 0 Å². The molecule has 2 N–H and O–H groups in total. The highest BCUT2D eigenvalue weighted by Gasteiger charge is 2.38. The summed E-state index contributed by atoms with van der Waals surface area (Å²) in [6.07, 6.45) is 2.93. The van der Waals surface area contributed by atoms with E-state index in [4.69, 9.17) is 5.11 Å². The van der Waals surface area contributed by atoms with E-state index >= 15 is 0 Å². The van der Waals surface area contributed by atoms with Gasteiger partial charge in [0.15, 0.2) is 0 Å². The lowest BCUT2D eigenvalue weighted by molar-refractivity contribution is -0.142. The topological polar surface area (TPSA) is 52.6 Å². The van der Waals surface area contributed by atoms with E-state index in [2.05, 4.69) is 5.32 Å². The summed E-state index contributed by atoms with van der Waals surface area (Å²) >= 11 is 0. The molecule has 1 saturated heterocycles. The average molecular weight is 242 g/mol. The Hall–Kier alpha value is -0.610. The zero-order valence-electron chi connectivity index (χ0n) is 11.3. The Morgan fingerprint density at radius 3 is 2.76 bits per heavy atom. The van der Waals surface area contributed by atoms with Gasteiger partial charge < -0.3 is 15.3 Å². The predicted octanol–water partition coefficient (Wildman–Crippen LogP) is 0.853. The minimum absolute atomic E-state index is 0.142. The maximum absolute atomic E-state index is 12.4. The van der Waals surface area contributed by atoms with E-state index < -0.39 is 0 Å². The molecular weight excluding hydrogens is 216 g/mol. The van der Waals surface area contributed by atoms with Crippen LogP contribution in [0.4, 0.5) is 0 Å². The summed E-state index contributed by atoms with van der Waals surface area (Å²) in [5, 5.41) is 12.2. The third-order valence-electron chi connectivity index (χ3n) is 3.87. The standard InChI is InChI=1S/C13H26N2O2/c1-13(2,11-6-4-7-14-10-11)12(17)15(3)8-5-9-16/h11,14,16H,4-10H2,1-3H3. The molecule has 4 heteroatoms. The van der Waals surface area contributed by atoms with Crippen LogP contribution in [0.25, 0.3) is 0 Å². The van der Waals surface area contributed by atoms with Crippen molar-refractivity contribution < 1.29 is 9.90 Å². The van der Waals surface area contributed by atoms with Crippen molar-refractivity contribution in [3.05, 3.63) is 0 Å². The van der Waals surface area contributed by atoms with Crippen LogP contribution >= 0.6 is 0 Å². The van der Waals surface area contributed by atoms with Gasteiger partial charge in [-0.3, -0.25) is 4.79 Å². The van der Waals surface area contributed by atoms with Crippen molar-refractivity contribution in [1.29, 1.82) is 0 Å². The van der Waals surface area contributed by atoms with Crippen LogP contribution in [0.15, 0.2) is 0 Å². The minimum Gasteiger partial charge on any atom is -0.396 e. The van der Waals surface area contributed by atoms with Gasteiger partial charge in [0.25, 0.3) is 0 Å². The molecule has 0 aromatic rings. The predicted molar refractivity (Wildman–Crippen MR) is 68.7 cm³/mol. The number of hydrogen-bond donors (Lipinski definition) is 2. The molecule has 0 radical (unpaired) electrons. The summed E-state index contributed by atoms with van der Waals surface area (Å²) < 4.78 is 0. The van der Waals surface area contributed by atoms with E-state index in [9.17, 15) is 4.79 Å². The van der Waals surface area contributed by atoms with Crippen molar-refractivity contribution in [2.45, 2.75) is 33.1 Å². The molecular formula is C13H26N2O2. The van der Waals surface area contributed by atoms with E-state index in [0.29, 0.717) is 18.9 Å². The second kappa shape index (κ2) is 6.36. The molecule has 4 nitrogen and oxygen atoms in total. The normalized spacial score (nSPS) is 21.3. The maximum atomic E-state index is 12.4. The number of hydrogen-bond acceptors (Lipinski definition) is 3. The molecule has 0 aliphatic carbocycles. The Kier molecular flexibility index (Phi) is 5.40. The third kappa shape index (κ3) is 3.68. The van der Waals surface area contributed by atoms with Gasteiger partial charge in [-0.2, -0.15) is 0 Å². The molecule has 1 unspecified atom stereocenters. The molecule has 1 atom stereocenters. The fourth-order valence-corrected chi connectivity index (χ4v) is 2.54. The number of amides is 1. The van der Waals surface area contributed by atoms with Crippen LogP contribution in [0, 0.1) is 11.3 Å². The second-order valence-corrected chi connectivity index (χ2v) is 5.57. The molecule has 0 aromatic heterocycles. The number of aliphatic hydroxyl groups is 1. The number of piperidine rings is 1. The molecule has 0 aromatic carbocycles. The highest BCUT2D eigenvalue weighted by Crippen LogP contribution is 2.33. The molecule has 17 heavy (non-hydrogen) atoms. The Labute approximate surface area is 104 Å². The van der Waals surface area contributed by atoms with E-state index in [1.165, 1.54) is 0 Å². The Morgan fingerprint density at radius 1 is 1.53 bits per heavy atom. The van der Waals surface area contributed by atoms with Crippen molar-refractivity contribution in [3.8, 4) is 0 Å². The monoisotopic (exact) mass is 242 g/mol. The summed E-state index contributed by atoms with van der Waals surface area (Å²) in [5.41, 5.74) is -0.308. The van der Waals surface area contributed by atoms with Crippen molar-refractivity contribution in [2.75, 3.05) is 33.3 Å². The summed E-state index contributed by atoms with van der Waals surface area (Å²) in [4.78, 5) is 14.1. The van der Waals surface area contributed by atoms with Crippen LogP contribution in [0.5, 0.6) is 0 Å². The minimum atomic E-state index is -0.308. The second-order valence-electron chi connectivity index (χ2n) is 5.57. The van der Waals surface area contributed by atoms with Gasteiger partial charge >= 0.3 is 0 Å². The lowest BCUT2D eigenvalue weighted by atomic mass is 9.74. The van der Waals surface area contributed by atoms with Crippen molar-refractivity contribution >= 4 is 5.91 Å². The molecule has 0 bridgehead atoms. The van der Waals surface area contributed by atoms with E-state index in [0.717, 1.165) is 25.9 Å². The van der Waals surface area contributed by atoms with Crippen molar-refractivity contribution in [1.82, 2.24) is 10.2 Å². The van der Waals surface area contributed by atoms with Gasteiger partial charge in [-0.25, -0.2) is 0 Å². The molecule has 1 fully saturated rings. The average Bonchev–Trinajstić information content (AvgIpc) is 2.36. The smallest absolute Gasteiger partial charge is 0.228 e. The quantitative estimate of drug-likeness (QED) is 0.751. The molecule has 0 saturated carbocycles. The van der Waals surface area contributed by atoms with Crippen LogP contribution in [0.3, 0.4) is 0 Å². The van der Waals surface area contributed by atoms with Gasteiger partial charge in [0.2, 0.25) is 5.91 Å². The zero-order chi connectivity index (χ0) is 12.9. The van der Waals surface area contributed by atoms with Crippen LogP contribution in [-0.4, -0.2) is 49.2 Å². The van der Waals surface area contributed by atoms with E-state index in [-0.39, 0.29) is 17.9 Å². The maximum Gasteiger partial charge on any atom is 0.228 e. The largest absolute Gasteiger partial charge is 0.396 e. The van der Waals surface area contributed by atoms with Crippen molar-refractivity contribution in [2.24, 2.45) is 11.3 Å². The van der Waals surface area contributed by atoms with E-state index in [1.54, 1.807) is 4.90 Å². The molecule has 1 amide bonds. The van der Waals surface area contributed by atoms with Gasteiger partial charge in [-0.05, 0) is 38.3 Å². The van der Waals surface area contributed by atoms with Crippen LogP contribution in [0.2, 0.25) is 0 Å². The molecule has 1 aliphatic rings. The van der Waals surface area contributed by atoms with Gasteiger partial charge in [-0.1, -0.05) is 13.8 Å². The number of nitrogens with one attached hydrogen (secondary N) is 1. The first kappa shape index (κ1) is 14.5. The third-order valence-corrected chi connectivity index (χ3v) is 3.87. The Balaban J connectivity index is 2.57. The first-order chi connectivity index (χ1) is 8.00. The molecule has 1 aliphatic heterocycles. The van der Waals surface area contributed by atoms with Crippen LogP contribution < -0.4 is 5.32 Å². The molecule has 1 heterocycles. The summed E-state index contributed by atoms with van der Waals surface area (Å²) in [6.45, 7) is 6.88. The number of rotatable bonds is 5. The van der Waals surface area contributed by atoms with Gasteiger partial charge in [0, 0.05) is 25.6 Å². The summed E-state index contributed by atoms with van der Waals surface area (Å²) in [5.74, 6) is 0.611. The highest BCUT2D eigenvalue weighted by molar-refractivity contribution is 5.82. The Morgan fingerprint density at radius 2 is 2.24 bits per heavy atom. The summed E-state index contributed by atoms with van der Waals surface area (Å²) in [7, 11) is 1.83. The fourth-order valence-electron chi connectivity index (χ4n) is 2.54. The molecule has 1 rings (SSSR count). The number of carbonyl (C=O) groups excluding carboxylic acids is 1. The van der Waals surface area contributed by atoms with Gasteiger partial charge in [-0.15, -0.1) is 0 Å². The Bertz CT molecular complexity index is 248. The van der Waals surface area contributed by atoms with Crippen LogP contribution in [-0.2, 0) is 4.79 Å². The molecule has 100 valence electrons. The van der Waals surface area contributed by atoms with E-state index in [1.807, 2.05) is 20.9 Å². The fraction of sp³-hybridized carbons (Fsp3) is 0.923. The van der Waals surface area contributed by atoms with Gasteiger partial charge in [0.1, 0.15) is 0 Å². The highest BCUT2D eigenvalue weighted by atomic mass is 16.3. The SMILES string of the molecule is CN(CCCO)C(=O)C(C)(C)C1CCCNC1. The zero-order valence-corrected chi connectivity index (χ0v) is 11.3. The first-order valence-corrected chi connectivity index (χ1v) is 6.57. The molecule has 0 spiro atoms. The number of carbonyl (C=O) groups is 1. The van der Waals surface area contributed by atoms with Gasteiger partial charge in [0.05, 0.1) is 0 Å². The van der Waals surface area contributed by atoms with Crippen LogP contribution in [0.1, 0.15) is 33.1 Å².